The van der Waals surface area contributed by atoms with Crippen molar-refractivity contribution in [3.63, 3.8) is 0 Å². The van der Waals surface area contributed by atoms with Crippen LogP contribution in [-0.2, 0) is 4.79 Å². The molecule has 1 aliphatic carbocycles. The number of carboxylic acids is 1. The monoisotopic (exact) mass is 463 g/mol. The first-order valence-electron chi connectivity index (χ1n) is 11.0. The lowest BCUT2D eigenvalue weighted by atomic mass is 9.77. The maximum absolute atomic E-state index is 12.1. The van der Waals surface area contributed by atoms with Crippen LogP contribution in [0, 0.1) is 5.92 Å². The Morgan fingerprint density at radius 3 is 2.84 bits per heavy atom. The van der Waals surface area contributed by atoms with Crippen molar-refractivity contribution in [3.05, 3.63) is 23.3 Å². The molecular weight excluding hydrogens is 433 g/mol. The lowest BCUT2D eigenvalue weighted by molar-refractivity contribution is -0.127. The van der Waals surface area contributed by atoms with Crippen LogP contribution in [0.25, 0.3) is 0 Å². The highest BCUT2D eigenvalue weighted by Gasteiger charge is 2.54. The van der Waals surface area contributed by atoms with Gasteiger partial charge in [-0.15, -0.1) is 11.8 Å². The summed E-state index contributed by atoms with van der Waals surface area (Å²) < 4.78 is 5.58. The number of aromatic carboxylic acids is 1. The van der Waals surface area contributed by atoms with Gasteiger partial charge in [0.1, 0.15) is 16.9 Å². The maximum Gasteiger partial charge on any atom is 0.526 e. The van der Waals surface area contributed by atoms with Gasteiger partial charge in [0.05, 0.1) is 6.61 Å². The van der Waals surface area contributed by atoms with Gasteiger partial charge in [0, 0.05) is 36.9 Å². The SMILES string of the molecule is C[C@@](N)(CN1CC(CCSc2ccc3c(c2C(=O)O)OB(O)C2CC32)C1)C(=O)NCCO. The number of thioether (sulfide) groups is 1. The van der Waals surface area contributed by atoms with E-state index in [9.17, 15) is 19.7 Å². The minimum absolute atomic E-state index is 0.0836. The summed E-state index contributed by atoms with van der Waals surface area (Å²) in [5, 5.41) is 31.3. The fraction of sp³-hybridized carbons (Fsp3) is 0.619. The number of amides is 1. The van der Waals surface area contributed by atoms with Crippen LogP contribution >= 0.6 is 11.8 Å². The number of carbonyl (C=O) groups excluding carboxylic acids is 1. The third-order valence-electron chi connectivity index (χ3n) is 6.49. The minimum Gasteiger partial charge on any atom is -0.535 e. The van der Waals surface area contributed by atoms with E-state index in [0.717, 1.165) is 37.2 Å². The zero-order valence-electron chi connectivity index (χ0n) is 18.1. The van der Waals surface area contributed by atoms with Crippen LogP contribution < -0.4 is 15.7 Å². The number of fused-ring (bicyclic) bond motifs is 3. The van der Waals surface area contributed by atoms with Gasteiger partial charge in [-0.1, -0.05) is 6.07 Å². The number of nitrogens with two attached hydrogens (primary N) is 1. The van der Waals surface area contributed by atoms with Crippen LogP contribution in [0.15, 0.2) is 17.0 Å². The van der Waals surface area contributed by atoms with Crippen molar-refractivity contribution in [2.24, 2.45) is 11.7 Å². The Labute approximate surface area is 191 Å². The summed E-state index contributed by atoms with van der Waals surface area (Å²) in [4.78, 5) is 26.8. The first kappa shape index (κ1) is 23.4. The van der Waals surface area contributed by atoms with Crippen LogP contribution in [0.2, 0.25) is 5.82 Å². The molecule has 2 unspecified atom stereocenters. The Morgan fingerprint density at radius 1 is 1.41 bits per heavy atom. The molecule has 1 amide bonds. The summed E-state index contributed by atoms with van der Waals surface area (Å²) in [7, 11) is -0.925. The number of nitrogens with zero attached hydrogens (tertiary/aromatic N) is 1. The molecule has 1 aromatic carbocycles. The number of carbonyl (C=O) groups is 2. The second-order valence-electron chi connectivity index (χ2n) is 9.27. The molecule has 2 heterocycles. The summed E-state index contributed by atoms with van der Waals surface area (Å²) in [5.41, 5.74) is 6.16. The molecule has 1 saturated heterocycles. The number of aliphatic hydroxyl groups is 1. The van der Waals surface area contributed by atoms with E-state index in [1.165, 1.54) is 11.8 Å². The molecule has 2 aliphatic heterocycles. The molecule has 1 aromatic rings. The number of rotatable bonds is 10. The second-order valence-corrected chi connectivity index (χ2v) is 10.4. The first-order chi connectivity index (χ1) is 15.2. The van der Waals surface area contributed by atoms with Gasteiger partial charge in [-0.05, 0) is 49.0 Å². The average Bonchev–Trinajstić information content (AvgIpc) is 3.51. The number of benzene rings is 1. The second kappa shape index (κ2) is 9.22. The van der Waals surface area contributed by atoms with E-state index in [-0.39, 0.29) is 36.4 Å². The van der Waals surface area contributed by atoms with Crippen LogP contribution in [0.3, 0.4) is 0 Å². The lowest BCUT2D eigenvalue weighted by Crippen LogP contribution is -2.62. The highest BCUT2D eigenvalue weighted by atomic mass is 32.2. The van der Waals surface area contributed by atoms with Gasteiger partial charge in [-0.3, -0.25) is 4.79 Å². The summed E-state index contributed by atoms with van der Waals surface area (Å²) in [6.07, 6.45) is 1.76. The van der Waals surface area contributed by atoms with Gasteiger partial charge in [-0.2, -0.15) is 0 Å². The van der Waals surface area contributed by atoms with Crippen LogP contribution in [-0.4, -0.2) is 83.2 Å². The Bertz CT molecular complexity index is 895. The van der Waals surface area contributed by atoms with Gasteiger partial charge in [0.2, 0.25) is 5.91 Å². The Hall–Kier alpha value is -1.79. The van der Waals surface area contributed by atoms with Crippen LogP contribution in [0.4, 0.5) is 0 Å². The molecule has 4 rings (SSSR count). The van der Waals surface area contributed by atoms with E-state index >= 15 is 0 Å². The standard InChI is InChI=1S/C21H30BN3O6S/c1-21(23,20(29)24-5-6-26)11-25-9-12(10-25)4-7-32-16-3-2-13-14-8-15(14)22(30)31-18(13)17(16)19(27)28/h2-3,12,14-15,26,30H,4-11,23H2,1H3,(H,24,29)(H,27,28)/t14?,15?,21-/m1/s1. The third-order valence-corrected chi connectivity index (χ3v) is 7.58. The average molecular weight is 463 g/mol. The van der Waals surface area contributed by atoms with Gasteiger partial charge in [-0.25, -0.2) is 4.79 Å². The molecule has 1 saturated carbocycles. The van der Waals surface area contributed by atoms with Crippen molar-refractivity contribution >= 4 is 30.8 Å². The van der Waals surface area contributed by atoms with E-state index in [0.29, 0.717) is 23.1 Å². The summed E-state index contributed by atoms with van der Waals surface area (Å²) in [6, 6.07) is 3.80. The van der Waals surface area contributed by atoms with E-state index in [1.54, 1.807) is 6.92 Å². The number of nitrogens with one attached hydrogen (secondary N) is 1. The van der Waals surface area contributed by atoms with Gasteiger partial charge < -0.3 is 35.8 Å². The van der Waals surface area contributed by atoms with E-state index in [4.69, 9.17) is 15.5 Å². The molecule has 0 radical (unpaired) electrons. The van der Waals surface area contributed by atoms with Crippen molar-refractivity contribution in [3.8, 4) is 5.75 Å². The van der Waals surface area contributed by atoms with E-state index < -0.39 is 18.6 Å². The quantitative estimate of drug-likeness (QED) is 0.245. The van der Waals surface area contributed by atoms with Crippen molar-refractivity contribution in [1.29, 1.82) is 0 Å². The zero-order chi connectivity index (χ0) is 23.0. The van der Waals surface area contributed by atoms with Gasteiger partial charge in [0.15, 0.2) is 0 Å². The number of likely N-dealkylation sites (tertiary alicyclic amines) is 1. The first-order valence-corrected chi connectivity index (χ1v) is 12.0. The predicted molar refractivity (Wildman–Crippen MR) is 121 cm³/mol. The highest BCUT2D eigenvalue weighted by molar-refractivity contribution is 7.99. The fourth-order valence-electron chi connectivity index (χ4n) is 4.65. The molecule has 9 nitrogen and oxygen atoms in total. The third kappa shape index (κ3) is 4.77. The highest BCUT2D eigenvalue weighted by Crippen LogP contribution is 2.60. The normalized spacial score (nSPS) is 23.9. The zero-order valence-corrected chi connectivity index (χ0v) is 18.9. The van der Waals surface area contributed by atoms with Crippen molar-refractivity contribution in [2.45, 2.75) is 41.9 Å². The summed E-state index contributed by atoms with van der Waals surface area (Å²) in [6.45, 7) is 3.90. The molecule has 0 bridgehead atoms. The predicted octanol–water partition coefficient (Wildman–Crippen LogP) is 0.355. The molecule has 11 heteroatoms. The number of aliphatic hydroxyl groups excluding tert-OH is 1. The van der Waals surface area contributed by atoms with Crippen molar-refractivity contribution < 1.29 is 29.5 Å². The lowest BCUT2D eigenvalue weighted by Gasteiger charge is -2.43. The van der Waals surface area contributed by atoms with E-state index in [2.05, 4.69) is 10.2 Å². The molecule has 174 valence electrons. The molecule has 0 aromatic heterocycles. The molecular formula is C21H30BN3O6S. The fourth-order valence-corrected chi connectivity index (χ4v) is 5.81. The topological polar surface area (TPSA) is 145 Å². The number of hydrogen-bond acceptors (Lipinski definition) is 8. The number of hydrogen-bond donors (Lipinski definition) is 5. The van der Waals surface area contributed by atoms with E-state index in [1.807, 2.05) is 12.1 Å². The largest absolute Gasteiger partial charge is 0.535 e. The Kier molecular flexibility index (Phi) is 6.74. The van der Waals surface area contributed by atoms with Crippen LogP contribution in [0.1, 0.15) is 41.6 Å². The smallest absolute Gasteiger partial charge is 0.526 e. The Morgan fingerprint density at radius 2 is 2.16 bits per heavy atom. The minimum atomic E-state index is -1.04. The van der Waals surface area contributed by atoms with Gasteiger partial charge >= 0.3 is 13.1 Å². The molecule has 2 fully saturated rings. The summed E-state index contributed by atoms with van der Waals surface area (Å²) >= 11 is 1.50. The maximum atomic E-state index is 12.1. The molecule has 6 N–H and O–H groups in total. The van der Waals surface area contributed by atoms with Gasteiger partial charge in [0.25, 0.3) is 0 Å². The van der Waals surface area contributed by atoms with Crippen molar-refractivity contribution in [1.82, 2.24) is 10.2 Å². The molecule has 3 aliphatic rings. The summed E-state index contributed by atoms with van der Waals surface area (Å²) in [5.74, 6) is 0.533. The van der Waals surface area contributed by atoms with Crippen molar-refractivity contribution in [2.75, 3.05) is 38.5 Å². The molecule has 3 atom stereocenters. The Balaban J connectivity index is 1.27. The molecule has 0 spiro atoms. The number of carboxylic acid groups (broad SMARTS) is 1. The van der Waals surface area contributed by atoms with Crippen LogP contribution in [0.5, 0.6) is 5.75 Å². The molecule has 32 heavy (non-hydrogen) atoms.